The third kappa shape index (κ3) is 3.66. The van der Waals surface area contributed by atoms with Gasteiger partial charge < -0.3 is 20.0 Å². The predicted molar refractivity (Wildman–Crippen MR) is 105 cm³/mol. The summed E-state index contributed by atoms with van der Waals surface area (Å²) in [7, 11) is 0. The summed E-state index contributed by atoms with van der Waals surface area (Å²) in [6, 6.07) is 21.8. The van der Waals surface area contributed by atoms with Gasteiger partial charge in [-0.15, -0.1) is 0 Å². The molecule has 0 bridgehead atoms. The number of nitrogens with one attached hydrogen (secondary N) is 1. The van der Waals surface area contributed by atoms with E-state index in [4.69, 9.17) is 9.47 Å². The highest BCUT2D eigenvalue weighted by Gasteiger charge is 2.17. The van der Waals surface area contributed by atoms with Gasteiger partial charge in [0, 0.05) is 23.2 Å². The van der Waals surface area contributed by atoms with Crippen LogP contribution in [0.15, 0.2) is 78.0 Å². The van der Waals surface area contributed by atoms with Gasteiger partial charge in [0.2, 0.25) is 6.79 Å². The zero-order valence-corrected chi connectivity index (χ0v) is 15.0. The van der Waals surface area contributed by atoms with Gasteiger partial charge in [-0.3, -0.25) is 4.79 Å². The van der Waals surface area contributed by atoms with Gasteiger partial charge in [0.1, 0.15) is 0 Å². The molecule has 0 aromatic heterocycles. The lowest BCUT2D eigenvalue weighted by Gasteiger charge is -2.12. The van der Waals surface area contributed by atoms with Crippen molar-refractivity contribution in [3.8, 4) is 11.5 Å². The number of fused-ring (bicyclic) bond motifs is 1. The standard InChI is InChI=1S/C22H18N2O4/c25-22(15-6-2-1-3-7-15)23-18-9-5-4-8-16(18)12-19(24-26)17-10-11-20-21(13-17)28-14-27-20/h1-11,13,26H,12,14H2,(H,23,25)/b24-19+. The first-order chi connectivity index (χ1) is 13.7. The molecular weight excluding hydrogens is 356 g/mol. The molecule has 0 atom stereocenters. The minimum absolute atomic E-state index is 0.179. The van der Waals surface area contributed by atoms with Gasteiger partial charge in [-0.1, -0.05) is 41.6 Å². The highest BCUT2D eigenvalue weighted by atomic mass is 16.7. The summed E-state index contributed by atoms with van der Waals surface area (Å²) < 4.78 is 10.7. The van der Waals surface area contributed by atoms with Crippen molar-refractivity contribution < 1.29 is 19.5 Å². The van der Waals surface area contributed by atoms with Crippen LogP contribution in [0.25, 0.3) is 0 Å². The Labute approximate surface area is 162 Å². The van der Waals surface area contributed by atoms with E-state index in [1.807, 2.05) is 48.5 Å². The van der Waals surface area contributed by atoms with Gasteiger partial charge in [-0.2, -0.15) is 0 Å². The molecule has 0 saturated carbocycles. The zero-order valence-electron chi connectivity index (χ0n) is 15.0. The summed E-state index contributed by atoms with van der Waals surface area (Å²) in [6.45, 7) is 0.179. The molecule has 6 heteroatoms. The molecule has 2 N–H and O–H groups in total. The third-order valence-corrected chi connectivity index (χ3v) is 4.49. The Balaban J connectivity index is 1.57. The lowest BCUT2D eigenvalue weighted by atomic mass is 10.00. The van der Waals surface area contributed by atoms with Gasteiger partial charge >= 0.3 is 0 Å². The van der Waals surface area contributed by atoms with Gasteiger partial charge in [0.25, 0.3) is 5.91 Å². The Hall–Kier alpha value is -3.80. The highest BCUT2D eigenvalue weighted by molar-refractivity contribution is 6.06. The first-order valence-electron chi connectivity index (χ1n) is 8.80. The fourth-order valence-corrected chi connectivity index (χ4v) is 3.03. The first kappa shape index (κ1) is 17.6. The van der Waals surface area contributed by atoms with Crippen LogP contribution in [0.5, 0.6) is 11.5 Å². The van der Waals surface area contributed by atoms with Gasteiger partial charge in [0.15, 0.2) is 11.5 Å². The molecule has 28 heavy (non-hydrogen) atoms. The summed E-state index contributed by atoms with van der Waals surface area (Å²) >= 11 is 0. The van der Waals surface area contributed by atoms with Crippen molar-refractivity contribution in [2.24, 2.45) is 5.16 Å². The van der Waals surface area contributed by atoms with E-state index in [2.05, 4.69) is 10.5 Å². The Kier molecular flexibility index (Phi) is 4.93. The maximum Gasteiger partial charge on any atom is 0.255 e. The van der Waals surface area contributed by atoms with Crippen molar-refractivity contribution in [3.05, 3.63) is 89.5 Å². The lowest BCUT2D eigenvalue weighted by molar-refractivity contribution is 0.102. The predicted octanol–water partition coefficient (Wildman–Crippen LogP) is 4.09. The molecule has 3 aromatic rings. The van der Waals surface area contributed by atoms with Crippen LogP contribution in [0.4, 0.5) is 5.69 Å². The molecule has 0 unspecified atom stereocenters. The van der Waals surface area contributed by atoms with Crippen LogP contribution in [0.3, 0.4) is 0 Å². The molecule has 6 nitrogen and oxygen atoms in total. The van der Waals surface area contributed by atoms with Crippen LogP contribution in [0.2, 0.25) is 0 Å². The molecule has 3 aromatic carbocycles. The average Bonchev–Trinajstić information content (AvgIpc) is 3.21. The van der Waals surface area contributed by atoms with E-state index in [-0.39, 0.29) is 12.7 Å². The van der Waals surface area contributed by atoms with Gasteiger partial charge in [0.05, 0.1) is 5.71 Å². The van der Waals surface area contributed by atoms with Crippen molar-refractivity contribution in [2.45, 2.75) is 6.42 Å². The SMILES string of the molecule is O=C(Nc1ccccc1C/C(=N\O)c1ccc2c(c1)OCO2)c1ccccc1. The fraction of sp³-hybridized carbons (Fsp3) is 0.0909. The van der Waals surface area contributed by atoms with E-state index in [0.29, 0.717) is 34.9 Å². The Morgan fingerprint density at radius 3 is 2.50 bits per heavy atom. The maximum absolute atomic E-state index is 12.5. The molecule has 0 fully saturated rings. The van der Waals surface area contributed by atoms with E-state index >= 15 is 0 Å². The monoisotopic (exact) mass is 374 g/mol. The average molecular weight is 374 g/mol. The Morgan fingerprint density at radius 1 is 0.929 bits per heavy atom. The van der Waals surface area contributed by atoms with Crippen LogP contribution in [0.1, 0.15) is 21.5 Å². The highest BCUT2D eigenvalue weighted by Crippen LogP contribution is 2.33. The number of carbonyl (C=O) groups is 1. The minimum Gasteiger partial charge on any atom is -0.454 e. The number of oxime groups is 1. The van der Waals surface area contributed by atoms with Crippen molar-refractivity contribution in [1.29, 1.82) is 0 Å². The lowest BCUT2D eigenvalue weighted by Crippen LogP contribution is -2.14. The van der Waals surface area contributed by atoms with Crippen LogP contribution in [-0.2, 0) is 6.42 Å². The Morgan fingerprint density at radius 2 is 1.68 bits per heavy atom. The summed E-state index contributed by atoms with van der Waals surface area (Å²) in [4.78, 5) is 12.5. The maximum atomic E-state index is 12.5. The number of hydrogen-bond donors (Lipinski definition) is 2. The topological polar surface area (TPSA) is 80.2 Å². The number of rotatable bonds is 5. The summed E-state index contributed by atoms with van der Waals surface area (Å²) in [5.74, 6) is 1.08. The van der Waals surface area contributed by atoms with Crippen LogP contribution in [0, 0.1) is 0 Å². The van der Waals surface area contributed by atoms with Crippen LogP contribution < -0.4 is 14.8 Å². The molecular formula is C22H18N2O4. The molecule has 1 aliphatic rings. The first-order valence-corrected chi connectivity index (χ1v) is 8.80. The summed E-state index contributed by atoms with van der Waals surface area (Å²) in [5.41, 5.74) is 3.25. The normalized spacial score (nSPS) is 12.6. The largest absolute Gasteiger partial charge is 0.454 e. The number of para-hydroxylation sites is 1. The van der Waals surface area contributed by atoms with Crippen molar-refractivity contribution in [1.82, 2.24) is 0 Å². The fourth-order valence-electron chi connectivity index (χ4n) is 3.03. The number of hydrogen-bond acceptors (Lipinski definition) is 5. The second-order valence-corrected chi connectivity index (χ2v) is 6.27. The second-order valence-electron chi connectivity index (χ2n) is 6.27. The smallest absolute Gasteiger partial charge is 0.255 e. The molecule has 1 heterocycles. The quantitative estimate of drug-likeness (QED) is 0.400. The van der Waals surface area contributed by atoms with E-state index < -0.39 is 0 Å². The summed E-state index contributed by atoms with van der Waals surface area (Å²) in [6.07, 6.45) is 0.335. The van der Waals surface area contributed by atoms with Crippen LogP contribution >= 0.6 is 0 Å². The van der Waals surface area contributed by atoms with Crippen molar-refractivity contribution >= 4 is 17.3 Å². The number of amides is 1. The number of benzene rings is 3. The van der Waals surface area contributed by atoms with Gasteiger partial charge in [-0.05, 0) is 42.0 Å². The van der Waals surface area contributed by atoms with Crippen molar-refractivity contribution in [3.63, 3.8) is 0 Å². The van der Waals surface area contributed by atoms with E-state index in [1.165, 1.54) is 0 Å². The molecule has 0 radical (unpaired) electrons. The zero-order chi connectivity index (χ0) is 19.3. The Bertz CT molecular complexity index is 1030. The molecule has 1 aliphatic heterocycles. The number of carbonyl (C=O) groups excluding carboxylic acids is 1. The molecule has 140 valence electrons. The molecule has 4 rings (SSSR count). The van der Waals surface area contributed by atoms with E-state index in [0.717, 1.165) is 11.1 Å². The minimum atomic E-state index is -0.196. The van der Waals surface area contributed by atoms with Crippen molar-refractivity contribution in [2.75, 3.05) is 12.1 Å². The second kappa shape index (κ2) is 7.84. The third-order valence-electron chi connectivity index (χ3n) is 4.49. The number of ether oxygens (including phenoxy) is 2. The number of nitrogens with zero attached hydrogens (tertiary/aromatic N) is 1. The number of anilines is 1. The molecule has 0 saturated heterocycles. The molecule has 1 amide bonds. The molecule has 0 aliphatic carbocycles. The van der Waals surface area contributed by atoms with E-state index in [9.17, 15) is 10.0 Å². The summed E-state index contributed by atoms with van der Waals surface area (Å²) in [5, 5.41) is 16.0. The van der Waals surface area contributed by atoms with Gasteiger partial charge in [-0.25, -0.2) is 0 Å². The molecule has 0 spiro atoms. The van der Waals surface area contributed by atoms with Crippen LogP contribution in [-0.4, -0.2) is 23.6 Å². The van der Waals surface area contributed by atoms with E-state index in [1.54, 1.807) is 24.3 Å².